The summed E-state index contributed by atoms with van der Waals surface area (Å²) in [5, 5.41) is 0.798. The number of hydrogen-bond acceptors (Lipinski definition) is 0. The molecule has 0 heterocycles. The van der Waals surface area contributed by atoms with E-state index in [1.54, 1.807) is 0 Å². The van der Waals surface area contributed by atoms with Gasteiger partial charge in [0.05, 0.1) is 0 Å². The summed E-state index contributed by atoms with van der Waals surface area (Å²) in [6.45, 7) is 7.12. The van der Waals surface area contributed by atoms with Crippen LogP contribution in [0.25, 0.3) is 6.08 Å². The predicted octanol–water partition coefficient (Wildman–Crippen LogP) is 4.69. The predicted molar refractivity (Wildman–Crippen MR) is 68.6 cm³/mol. The molecule has 0 N–H and O–H groups in total. The molecule has 0 saturated carbocycles. The first-order valence-corrected chi connectivity index (χ1v) is 8.98. The molecule has 0 nitrogen and oxygen atoms in total. The van der Waals surface area contributed by atoms with Crippen molar-refractivity contribution in [1.29, 1.82) is 0 Å². The fraction of sp³-hybridized carbons (Fsp3) is 0.333. The van der Waals surface area contributed by atoms with Gasteiger partial charge in [0.15, 0.2) is 0 Å². The fourth-order valence-electron chi connectivity index (χ4n) is 1.12. The monoisotopic (exact) mass is 224 g/mol. The molecule has 0 amide bonds. The molecule has 0 saturated heterocycles. The normalized spacial score (nSPS) is 12.3. The van der Waals surface area contributed by atoms with Gasteiger partial charge in [-0.05, 0) is 23.7 Å². The zero-order chi connectivity index (χ0) is 10.6. The Morgan fingerprint density at radius 3 is 2.21 bits per heavy atom. The minimum absolute atomic E-state index is 0.798. The Bertz CT molecular complexity index is 306. The SMILES string of the molecule is C[Si](C)(C)C/C=C/c1ccc(Cl)cc1. The highest BCUT2D eigenvalue weighted by Crippen LogP contribution is 2.13. The lowest BCUT2D eigenvalue weighted by Gasteiger charge is -2.11. The van der Waals surface area contributed by atoms with Gasteiger partial charge in [0.1, 0.15) is 0 Å². The quantitative estimate of drug-likeness (QED) is 0.654. The third kappa shape index (κ3) is 4.63. The van der Waals surface area contributed by atoms with Crippen LogP contribution in [0.1, 0.15) is 5.56 Å². The van der Waals surface area contributed by atoms with Crippen molar-refractivity contribution in [2.45, 2.75) is 25.7 Å². The van der Waals surface area contributed by atoms with E-state index in [2.05, 4.69) is 31.8 Å². The zero-order valence-electron chi connectivity index (χ0n) is 9.05. The third-order valence-electron chi connectivity index (χ3n) is 1.91. The highest BCUT2D eigenvalue weighted by atomic mass is 35.5. The molecule has 0 aliphatic heterocycles. The molecular weight excluding hydrogens is 208 g/mol. The Balaban J connectivity index is 2.57. The molecule has 0 aliphatic carbocycles. The van der Waals surface area contributed by atoms with E-state index in [-0.39, 0.29) is 0 Å². The highest BCUT2D eigenvalue weighted by molar-refractivity contribution is 6.76. The molecule has 1 aromatic carbocycles. The van der Waals surface area contributed by atoms with Gasteiger partial charge in [-0.15, -0.1) is 0 Å². The average Bonchev–Trinajstić information content (AvgIpc) is 2.06. The van der Waals surface area contributed by atoms with Crippen LogP contribution in [-0.2, 0) is 0 Å². The van der Waals surface area contributed by atoms with Gasteiger partial charge in [-0.25, -0.2) is 0 Å². The van der Waals surface area contributed by atoms with E-state index in [0.717, 1.165) is 5.02 Å². The smallest absolute Gasteiger partial charge is 0.0480 e. The Kier molecular flexibility index (Phi) is 3.96. The van der Waals surface area contributed by atoms with Crippen LogP contribution in [0.5, 0.6) is 0 Å². The molecule has 76 valence electrons. The van der Waals surface area contributed by atoms with Crippen molar-refractivity contribution in [2.75, 3.05) is 0 Å². The lowest BCUT2D eigenvalue weighted by molar-refractivity contribution is 1.52. The summed E-state index contributed by atoms with van der Waals surface area (Å²) in [5.74, 6) is 0. The van der Waals surface area contributed by atoms with Crippen LogP contribution in [0, 0.1) is 0 Å². The maximum atomic E-state index is 5.80. The topological polar surface area (TPSA) is 0 Å². The second kappa shape index (κ2) is 4.81. The molecule has 14 heavy (non-hydrogen) atoms. The van der Waals surface area contributed by atoms with Crippen molar-refractivity contribution in [3.63, 3.8) is 0 Å². The summed E-state index contributed by atoms with van der Waals surface area (Å²) in [6.07, 6.45) is 4.45. The van der Waals surface area contributed by atoms with Crippen molar-refractivity contribution in [3.8, 4) is 0 Å². The van der Waals surface area contributed by atoms with Gasteiger partial charge in [-0.2, -0.15) is 0 Å². The fourth-order valence-corrected chi connectivity index (χ4v) is 2.07. The van der Waals surface area contributed by atoms with Crippen LogP contribution in [0.15, 0.2) is 30.3 Å². The molecular formula is C12H17ClSi. The summed E-state index contributed by atoms with van der Waals surface area (Å²) < 4.78 is 0. The van der Waals surface area contributed by atoms with Gasteiger partial charge in [0.2, 0.25) is 0 Å². The summed E-state index contributed by atoms with van der Waals surface area (Å²) in [7, 11) is -0.935. The van der Waals surface area contributed by atoms with Crippen LogP contribution in [0.2, 0.25) is 30.7 Å². The first-order chi connectivity index (χ1) is 6.47. The van der Waals surface area contributed by atoms with Crippen LogP contribution < -0.4 is 0 Å². The highest BCUT2D eigenvalue weighted by Gasteiger charge is 2.09. The molecule has 0 spiro atoms. The molecule has 0 atom stereocenters. The molecule has 0 bridgehead atoms. The van der Waals surface area contributed by atoms with Gasteiger partial charge in [-0.3, -0.25) is 0 Å². The lowest BCUT2D eigenvalue weighted by Crippen LogP contribution is -2.17. The molecule has 1 rings (SSSR count). The summed E-state index contributed by atoms with van der Waals surface area (Å²) in [5.41, 5.74) is 1.23. The molecule has 0 fully saturated rings. The Morgan fingerprint density at radius 2 is 1.71 bits per heavy atom. The number of hydrogen-bond donors (Lipinski definition) is 0. The standard InChI is InChI=1S/C12H17ClSi/c1-14(2,3)10-4-5-11-6-8-12(13)9-7-11/h4-9H,10H2,1-3H3/b5-4+. The van der Waals surface area contributed by atoms with Crippen molar-refractivity contribution in [2.24, 2.45) is 0 Å². The minimum atomic E-state index is -0.935. The van der Waals surface area contributed by atoms with Gasteiger partial charge < -0.3 is 0 Å². The Hall–Kier alpha value is -0.533. The minimum Gasteiger partial charge on any atom is -0.0866 e. The molecule has 1 aromatic rings. The summed E-state index contributed by atoms with van der Waals surface area (Å²) in [4.78, 5) is 0. The van der Waals surface area contributed by atoms with E-state index < -0.39 is 8.07 Å². The second-order valence-electron chi connectivity index (χ2n) is 4.72. The number of rotatable bonds is 3. The van der Waals surface area contributed by atoms with E-state index in [1.165, 1.54) is 11.6 Å². The van der Waals surface area contributed by atoms with Gasteiger partial charge in [0, 0.05) is 13.1 Å². The molecule has 0 aromatic heterocycles. The van der Waals surface area contributed by atoms with Crippen LogP contribution >= 0.6 is 11.6 Å². The van der Waals surface area contributed by atoms with Crippen LogP contribution in [-0.4, -0.2) is 8.07 Å². The van der Waals surface area contributed by atoms with Crippen molar-refractivity contribution >= 4 is 25.8 Å². The Morgan fingerprint density at radius 1 is 1.14 bits per heavy atom. The molecule has 2 heteroatoms. The van der Waals surface area contributed by atoms with Crippen LogP contribution in [0.4, 0.5) is 0 Å². The van der Waals surface area contributed by atoms with Crippen molar-refractivity contribution < 1.29 is 0 Å². The van der Waals surface area contributed by atoms with Gasteiger partial charge in [0.25, 0.3) is 0 Å². The molecule has 0 radical (unpaired) electrons. The number of allylic oxidation sites excluding steroid dienone is 1. The Labute approximate surface area is 92.6 Å². The maximum absolute atomic E-state index is 5.80. The van der Waals surface area contributed by atoms with Crippen molar-refractivity contribution in [3.05, 3.63) is 40.9 Å². The number of benzene rings is 1. The zero-order valence-corrected chi connectivity index (χ0v) is 10.8. The van der Waals surface area contributed by atoms with E-state index in [1.807, 2.05) is 24.3 Å². The van der Waals surface area contributed by atoms with Gasteiger partial charge in [-0.1, -0.05) is 55.5 Å². The first kappa shape index (κ1) is 11.5. The second-order valence-corrected chi connectivity index (χ2v) is 10.7. The molecule has 0 unspecified atom stereocenters. The maximum Gasteiger partial charge on any atom is 0.0480 e. The molecule has 0 aliphatic rings. The number of halogens is 1. The van der Waals surface area contributed by atoms with Gasteiger partial charge >= 0.3 is 0 Å². The summed E-state index contributed by atoms with van der Waals surface area (Å²) in [6, 6.07) is 9.17. The average molecular weight is 225 g/mol. The van der Waals surface area contributed by atoms with Crippen LogP contribution in [0.3, 0.4) is 0 Å². The van der Waals surface area contributed by atoms with E-state index in [0.29, 0.717) is 0 Å². The van der Waals surface area contributed by atoms with E-state index in [4.69, 9.17) is 11.6 Å². The largest absolute Gasteiger partial charge is 0.0866 e. The lowest BCUT2D eigenvalue weighted by atomic mass is 10.2. The van der Waals surface area contributed by atoms with E-state index >= 15 is 0 Å². The third-order valence-corrected chi connectivity index (χ3v) is 3.62. The first-order valence-electron chi connectivity index (χ1n) is 4.89. The summed E-state index contributed by atoms with van der Waals surface area (Å²) >= 11 is 5.80. The van der Waals surface area contributed by atoms with Crippen molar-refractivity contribution in [1.82, 2.24) is 0 Å². The van der Waals surface area contributed by atoms with E-state index in [9.17, 15) is 0 Å².